The smallest absolute Gasteiger partial charge is 0.262 e. The van der Waals surface area contributed by atoms with Crippen LogP contribution in [0.2, 0.25) is 0 Å². The van der Waals surface area contributed by atoms with Gasteiger partial charge >= 0.3 is 0 Å². The van der Waals surface area contributed by atoms with E-state index in [9.17, 15) is 9.18 Å². The third kappa shape index (κ3) is 4.87. The van der Waals surface area contributed by atoms with Gasteiger partial charge in [0, 0.05) is 26.0 Å². The summed E-state index contributed by atoms with van der Waals surface area (Å²) in [5, 5.41) is 1.23. The first-order valence-corrected chi connectivity index (χ1v) is 9.68. The van der Waals surface area contributed by atoms with Gasteiger partial charge in [-0.2, -0.15) is 0 Å². The number of halogens is 1. The van der Waals surface area contributed by atoms with Crippen LogP contribution in [0.15, 0.2) is 58.5 Å². The predicted molar refractivity (Wildman–Crippen MR) is 105 cm³/mol. The SMILES string of the molecule is COCCCn1c(SCCOc2ccccc2F)nc2ccccc2c1=O. The maximum Gasteiger partial charge on any atom is 0.262 e. The Labute approximate surface area is 161 Å². The quantitative estimate of drug-likeness (QED) is 0.318. The van der Waals surface area contributed by atoms with Gasteiger partial charge in [-0.15, -0.1) is 0 Å². The zero-order valence-electron chi connectivity index (χ0n) is 15.1. The highest BCUT2D eigenvalue weighted by atomic mass is 32.2. The normalized spacial score (nSPS) is 11.0. The molecule has 0 spiro atoms. The number of ether oxygens (including phenoxy) is 2. The van der Waals surface area contributed by atoms with E-state index < -0.39 is 0 Å². The van der Waals surface area contributed by atoms with Crippen LogP contribution in [0, 0.1) is 5.82 Å². The zero-order valence-corrected chi connectivity index (χ0v) is 15.9. The Hall–Kier alpha value is -2.38. The molecule has 0 atom stereocenters. The molecule has 0 bridgehead atoms. The van der Waals surface area contributed by atoms with Crippen molar-refractivity contribution in [2.75, 3.05) is 26.1 Å². The molecular formula is C20H21FN2O3S. The molecule has 27 heavy (non-hydrogen) atoms. The first-order valence-electron chi connectivity index (χ1n) is 8.69. The van der Waals surface area contributed by atoms with E-state index in [1.54, 1.807) is 35.9 Å². The molecule has 7 heteroatoms. The molecule has 142 valence electrons. The van der Waals surface area contributed by atoms with Gasteiger partial charge in [0.25, 0.3) is 5.56 Å². The Balaban J connectivity index is 1.74. The number of nitrogens with zero attached hydrogens (tertiary/aromatic N) is 2. The van der Waals surface area contributed by atoms with Crippen molar-refractivity contribution in [1.82, 2.24) is 9.55 Å². The molecule has 3 aromatic rings. The molecule has 0 aliphatic rings. The summed E-state index contributed by atoms with van der Waals surface area (Å²) in [7, 11) is 1.64. The number of hydrogen-bond acceptors (Lipinski definition) is 5. The number of para-hydroxylation sites is 2. The van der Waals surface area contributed by atoms with Crippen molar-refractivity contribution in [1.29, 1.82) is 0 Å². The number of hydrogen-bond donors (Lipinski definition) is 0. The molecule has 0 fully saturated rings. The first-order chi connectivity index (χ1) is 13.2. The lowest BCUT2D eigenvalue weighted by Gasteiger charge is -2.13. The van der Waals surface area contributed by atoms with Crippen LogP contribution in [0.4, 0.5) is 4.39 Å². The summed E-state index contributed by atoms with van der Waals surface area (Å²) in [6.07, 6.45) is 0.718. The third-order valence-corrected chi connectivity index (χ3v) is 4.91. The topological polar surface area (TPSA) is 53.4 Å². The van der Waals surface area contributed by atoms with Gasteiger partial charge in [0.1, 0.15) is 0 Å². The summed E-state index contributed by atoms with van der Waals surface area (Å²) in [4.78, 5) is 17.5. The van der Waals surface area contributed by atoms with Crippen molar-refractivity contribution in [3.63, 3.8) is 0 Å². The Morgan fingerprint density at radius 3 is 2.70 bits per heavy atom. The third-order valence-electron chi connectivity index (χ3n) is 3.97. The van der Waals surface area contributed by atoms with Crippen LogP contribution >= 0.6 is 11.8 Å². The predicted octanol–water partition coefficient (Wildman–Crippen LogP) is 3.74. The van der Waals surface area contributed by atoms with Crippen molar-refractivity contribution in [2.45, 2.75) is 18.1 Å². The van der Waals surface area contributed by atoms with Crippen LogP contribution in [0.1, 0.15) is 6.42 Å². The summed E-state index contributed by atoms with van der Waals surface area (Å²) in [6.45, 7) is 1.41. The molecular weight excluding hydrogens is 367 g/mol. The maximum atomic E-state index is 13.6. The van der Waals surface area contributed by atoms with E-state index in [1.807, 2.05) is 18.2 Å². The van der Waals surface area contributed by atoms with Crippen molar-refractivity contribution in [3.8, 4) is 5.75 Å². The van der Waals surface area contributed by atoms with E-state index in [1.165, 1.54) is 17.8 Å². The second-order valence-corrected chi connectivity index (χ2v) is 6.90. The summed E-state index contributed by atoms with van der Waals surface area (Å²) in [6, 6.07) is 13.6. The maximum absolute atomic E-state index is 13.6. The molecule has 3 rings (SSSR count). The molecule has 0 aliphatic carbocycles. The van der Waals surface area contributed by atoms with Gasteiger partial charge in [0.05, 0.1) is 17.5 Å². The van der Waals surface area contributed by atoms with Gasteiger partial charge in [-0.25, -0.2) is 9.37 Å². The fourth-order valence-electron chi connectivity index (χ4n) is 2.67. The molecule has 0 saturated carbocycles. The lowest BCUT2D eigenvalue weighted by atomic mass is 10.2. The van der Waals surface area contributed by atoms with Crippen molar-refractivity contribution >= 4 is 22.7 Å². The summed E-state index contributed by atoms with van der Waals surface area (Å²) >= 11 is 1.42. The van der Waals surface area contributed by atoms with Crippen LogP contribution in [-0.4, -0.2) is 35.6 Å². The lowest BCUT2D eigenvalue weighted by molar-refractivity contribution is 0.189. The van der Waals surface area contributed by atoms with E-state index in [0.717, 1.165) is 6.42 Å². The minimum Gasteiger partial charge on any atom is -0.490 e. The Kier molecular flexibility index (Phi) is 6.84. The standard InChI is InChI=1S/C20H21FN2O3S/c1-25-12-6-11-23-19(24)15-7-2-4-9-17(15)22-20(23)27-14-13-26-18-10-5-3-8-16(18)21/h2-5,7-10H,6,11-14H2,1H3. The molecule has 1 heterocycles. The summed E-state index contributed by atoms with van der Waals surface area (Å²) < 4.78 is 25.9. The first kappa shape index (κ1) is 19.4. The average Bonchev–Trinajstić information content (AvgIpc) is 2.69. The monoisotopic (exact) mass is 388 g/mol. The number of rotatable bonds is 9. The second kappa shape index (κ2) is 9.53. The molecule has 0 saturated heterocycles. The Morgan fingerprint density at radius 1 is 1.11 bits per heavy atom. The van der Waals surface area contributed by atoms with Crippen LogP contribution in [0.3, 0.4) is 0 Å². The second-order valence-electron chi connectivity index (χ2n) is 5.84. The van der Waals surface area contributed by atoms with E-state index in [0.29, 0.717) is 41.6 Å². The highest BCUT2D eigenvalue weighted by Crippen LogP contribution is 2.20. The fraction of sp³-hybridized carbons (Fsp3) is 0.300. The molecule has 0 aliphatic heterocycles. The molecule has 0 amide bonds. The molecule has 0 N–H and O–H groups in total. The van der Waals surface area contributed by atoms with Crippen molar-refractivity contribution in [3.05, 3.63) is 64.7 Å². The van der Waals surface area contributed by atoms with Gasteiger partial charge in [-0.3, -0.25) is 9.36 Å². The number of methoxy groups -OCH3 is 1. The van der Waals surface area contributed by atoms with Crippen LogP contribution < -0.4 is 10.3 Å². The van der Waals surface area contributed by atoms with Gasteiger partial charge < -0.3 is 9.47 Å². The van der Waals surface area contributed by atoms with E-state index >= 15 is 0 Å². The van der Waals surface area contributed by atoms with Crippen LogP contribution in [-0.2, 0) is 11.3 Å². The highest BCUT2D eigenvalue weighted by Gasteiger charge is 2.11. The van der Waals surface area contributed by atoms with Crippen LogP contribution in [0.25, 0.3) is 10.9 Å². The van der Waals surface area contributed by atoms with E-state index in [-0.39, 0.29) is 17.1 Å². The Bertz CT molecular complexity index is 961. The highest BCUT2D eigenvalue weighted by molar-refractivity contribution is 7.99. The molecule has 2 aromatic carbocycles. The Morgan fingerprint density at radius 2 is 1.89 bits per heavy atom. The van der Waals surface area contributed by atoms with E-state index in [4.69, 9.17) is 9.47 Å². The van der Waals surface area contributed by atoms with Crippen molar-refractivity contribution in [2.24, 2.45) is 0 Å². The number of benzene rings is 2. The minimum atomic E-state index is -0.386. The summed E-state index contributed by atoms with van der Waals surface area (Å²) in [5.41, 5.74) is 0.609. The average molecular weight is 388 g/mol. The summed E-state index contributed by atoms with van der Waals surface area (Å²) in [5.74, 6) is 0.383. The van der Waals surface area contributed by atoms with Gasteiger partial charge in [0.15, 0.2) is 16.7 Å². The number of thioether (sulfide) groups is 1. The molecule has 5 nitrogen and oxygen atoms in total. The lowest BCUT2D eigenvalue weighted by Crippen LogP contribution is -2.24. The van der Waals surface area contributed by atoms with Crippen LogP contribution in [0.5, 0.6) is 5.75 Å². The fourth-order valence-corrected chi connectivity index (χ4v) is 3.51. The number of fused-ring (bicyclic) bond motifs is 1. The van der Waals surface area contributed by atoms with E-state index in [2.05, 4.69) is 4.98 Å². The van der Waals surface area contributed by atoms with Gasteiger partial charge in [-0.1, -0.05) is 36.0 Å². The van der Waals surface area contributed by atoms with Crippen molar-refractivity contribution < 1.29 is 13.9 Å². The van der Waals surface area contributed by atoms with Gasteiger partial charge in [-0.05, 0) is 30.7 Å². The molecule has 0 radical (unpaired) electrons. The van der Waals surface area contributed by atoms with Gasteiger partial charge in [0.2, 0.25) is 0 Å². The number of aromatic nitrogens is 2. The molecule has 1 aromatic heterocycles. The largest absolute Gasteiger partial charge is 0.490 e. The molecule has 0 unspecified atom stereocenters. The minimum absolute atomic E-state index is 0.0609. The zero-order chi connectivity index (χ0) is 19.1.